The standard InChI is InChI=1S/C32H48B2OS/c1-29(2)21-33(22-30(29,3)4)25-15-9-11-17-27(25)35-19-13-14-20-36-28-18-12-10-16-26(28)34-23-31(5,6)32(7,8)24-34/h9-12,15-18H,13-14,19-24H2,1-8H3. The molecule has 1 nitrogen and oxygen atoms in total. The van der Waals surface area contributed by atoms with E-state index in [1.165, 1.54) is 42.1 Å². The zero-order valence-corrected chi connectivity index (χ0v) is 25.1. The highest BCUT2D eigenvalue weighted by molar-refractivity contribution is 7.99. The molecule has 0 bridgehead atoms. The van der Waals surface area contributed by atoms with Crippen molar-refractivity contribution in [2.75, 3.05) is 12.4 Å². The quantitative estimate of drug-likeness (QED) is 0.194. The Labute approximate surface area is 227 Å². The molecule has 2 aromatic carbocycles. The van der Waals surface area contributed by atoms with E-state index < -0.39 is 0 Å². The van der Waals surface area contributed by atoms with Gasteiger partial charge in [-0.1, -0.05) is 123 Å². The Balaban J connectivity index is 1.28. The largest absolute Gasteiger partial charge is 0.494 e. The Morgan fingerprint density at radius 3 is 1.69 bits per heavy atom. The van der Waals surface area contributed by atoms with Gasteiger partial charge in [0.05, 0.1) is 6.61 Å². The summed E-state index contributed by atoms with van der Waals surface area (Å²) in [6, 6.07) is 18.0. The van der Waals surface area contributed by atoms with Crippen molar-refractivity contribution < 1.29 is 4.74 Å². The normalized spacial score (nSPS) is 21.7. The summed E-state index contributed by atoms with van der Waals surface area (Å²) in [5.74, 6) is 2.27. The van der Waals surface area contributed by atoms with Gasteiger partial charge < -0.3 is 4.74 Å². The van der Waals surface area contributed by atoms with Gasteiger partial charge >= 0.3 is 0 Å². The summed E-state index contributed by atoms with van der Waals surface area (Å²) >= 11 is 2.05. The van der Waals surface area contributed by atoms with Crippen LogP contribution in [-0.4, -0.2) is 25.8 Å². The predicted octanol–water partition coefficient (Wildman–Crippen LogP) is 8.17. The molecule has 0 N–H and O–H groups in total. The molecule has 0 atom stereocenters. The van der Waals surface area contributed by atoms with Crippen LogP contribution in [0.5, 0.6) is 5.75 Å². The first-order valence-electron chi connectivity index (χ1n) is 14.3. The maximum absolute atomic E-state index is 6.38. The minimum absolute atomic E-state index is 0.363. The number of benzene rings is 2. The Hall–Kier alpha value is -1.28. The monoisotopic (exact) mass is 502 g/mol. The summed E-state index contributed by atoms with van der Waals surface area (Å²) in [7, 11) is 0. The molecule has 2 aliphatic heterocycles. The molecule has 0 amide bonds. The topological polar surface area (TPSA) is 9.23 Å². The molecular formula is C32H48B2OS. The third kappa shape index (κ3) is 5.74. The zero-order chi connectivity index (χ0) is 26.2. The van der Waals surface area contributed by atoms with Crippen molar-refractivity contribution >= 4 is 36.1 Å². The fraction of sp³-hybridized carbons (Fsp3) is 0.625. The van der Waals surface area contributed by atoms with Crippen LogP contribution in [0.1, 0.15) is 68.2 Å². The predicted molar refractivity (Wildman–Crippen MR) is 163 cm³/mol. The van der Waals surface area contributed by atoms with Gasteiger partial charge in [-0.25, -0.2) is 0 Å². The highest BCUT2D eigenvalue weighted by Gasteiger charge is 2.49. The smallest absolute Gasteiger partial charge is 0.181 e. The van der Waals surface area contributed by atoms with Gasteiger partial charge in [0.25, 0.3) is 0 Å². The SMILES string of the molecule is CC1(C)CB(c2ccccc2OCCCCSc2ccccc2B2CC(C)(C)C(C)(C)C2)CC1(C)C. The van der Waals surface area contributed by atoms with Crippen LogP contribution < -0.4 is 15.7 Å². The Morgan fingerprint density at radius 2 is 1.11 bits per heavy atom. The minimum atomic E-state index is 0.363. The van der Waals surface area contributed by atoms with E-state index in [1.54, 1.807) is 5.46 Å². The van der Waals surface area contributed by atoms with Crippen molar-refractivity contribution in [3.8, 4) is 5.75 Å². The summed E-state index contributed by atoms with van der Waals surface area (Å²) in [4.78, 5) is 1.49. The van der Waals surface area contributed by atoms with Gasteiger partial charge in [0.15, 0.2) is 13.4 Å². The highest BCUT2D eigenvalue weighted by atomic mass is 32.2. The molecule has 0 saturated carbocycles. The van der Waals surface area contributed by atoms with Gasteiger partial charge in [0.2, 0.25) is 0 Å². The lowest BCUT2D eigenvalue weighted by Crippen LogP contribution is -2.29. The fourth-order valence-corrected chi connectivity index (χ4v) is 7.76. The van der Waals surface area contributed by atoms with Crippen LogP contribution in [0.3, 0.4) is 0 Å². The van der Waals surface area contributed by atoms with Crippen molar-refractivity contribution in [1.82, 2.24) is 0 Å². The molecule has 0 aromatic heterocycles. The van der Waals surface area contributed by atoms with Crippen LogP contribution in [0.25, 0.3) is 0 Å². The van der Waals surface area contributed by atoms with Crippen molar-refractivity contribution in [3.05, 3.63) is 48.5 Å². The molecular weight excluding hydrogens is 454 g/mol. The van der Waals surface area contributed by atoms with E-state index >= 15 is 0 Å². The number of thioether (sulfide) groups is 1. The van der Waals surface area contributed by atoms with Crippen molar-refractivity contribution in [1.29, 1.82) is 0 Å². The van der Waals surface area contributed by atoms with Gasteiger partial charge in [-0.3, -0.25) is 0 Å². The second kappa shape index (κ2) is 10.5. The Bertz CT molecular complexity index is 926. The number of hydrogen-bond acceptors (Lipinski definition) is 2. The van der Waals surface area contributed by atoms with Crippen LogP contribution in [0.15, 0.2) is 53.4 Å². The summed E-state index contributed by atoms with van der Waals surface area (Å²) in [6.45, 7) is 21.6. The van der Waals surface area contributed by atoms with Crippen LogP contribution >= 0.6 is 11.8 Å². The number of unbranched alkanes of at least 4 members (excludes halogenated alkanes) is 1. The van der Waals surface area contributed by atoms with E-state index in [4.69, 9.17) is 4.74 Å². The van der Waals surface area contributed by atoms with Gasteiger partial charge in [-0.15, -0.1) is 11.8 Å². The van der Waals surface area contributed by atoms with Crippen LogP contribution in [0.2, 0.25) is 25.3 Å². The molecule has 2 fully saturated rings. The first kappa shape index (κ1) is 27.7. The van der Waals surface area contributed by atoms with Gasteiger partial charge in [0, 0.05) is 4.90 Å². The molecule has 0 radical (unpaired) electrons. The van der Waals surface area contributed by atoms with Crippen LogP contribution in [-0.2, 0) is 0 Å². The van der Waals surface area contributed by atoms with Crippen LogP contribution in [0, 0.1) is 21.7 Å². The third-order valence-corrected chi connectivity index (χ3v) is 11.6. The summed E-state index contributed by atoms with van der Waals surface area (Å²) < 4.78 is 6.38. The van der Waals surface area contributed by atoms with E-state index in [0.717, 1.165) is 24.5 Å². The second-order valence-corrected chi connectivity index (χ2v) is 15.4. The maximum Gasteiger partial charge on any atom is 0.181 e. The van der Waals surface area contributed by atoms with E-state index in [-0.39, 0.29) is 0 Å². The molecule has 2 heterocycles. The first-order chi connectivity index (χ1) is 16.8. The molecule has 4 rings (SSSR count). The highest BCUT2D eigenvalue weighted by Crippen LogP contribution is 2.54. The molecule has 0 unspecified atom stereocenters. The van der Waals surface area contributed by atoms with Gasteiger partial charge in [-0.05, 0) is 57.8 Å². The van der Waals surface area contributed by atoms with E-state index in [1.807, 2.05) is 11.8 Å². The molecule has 2 aliphatic rings. The third-order valence-electron chi connectivity index (χ3n) is 10.5. The first-order valence-corrected chi connectivity index (χ1v) is 15.3. The fourth-order valence-electron chi connectivity index (χ4n) is 6.62. The number of para-hydroxylation sites is 1. The Kier molecular flexibility index (Phi) is 8.07. The van der Waals surface area contributed by atoms with Gasteiger partial charge in [0.1, 0.15) is 5.75 Å². The molecule has 0 aliphatic carbocycles. The second-order valence-electron chi connectivity index (χ2n) is 14.2. The van der Waals surface area contributed by atoms with E-state index in [9.17, 15) is 0 Å². The molecule has 36 heavy (non-hydrogen) atoms. The summed E-state index contributed by atoms with van der Waals surface area (Å²) in [6.07, 6.45) is 7.36. The number of rotatable bonds is 9. The summed E-state index contributed by atoms with van der Waals surface area (Å²) in [5, 5.41) is 0. The number of hydrogen-bond donors (Lipinski definition) is 0. The van der Waals surface area contributed by atoms with Crippen LogP contribution in [0.4, 0.5) is 0 Å². The molecule has 2 aromatic rings. The molecule has 4 heteroatoms. The van der Waals surface area contributed by atoms with Crippen molar-refractivity contribution in [3.63, 3.8) is 0 Å². The lowest BCUT2D eigenvalue weighted by Gasteiger charge is -2.35. The number of ether oxygens (including phenoxy) is 1. The maximum atomic E-state index is 6.38. The molecule has 194 valence electrons. The Morgan fingerprint density at radius 1 is 0.639 bits per heavy atom. The van der Waals surface area contributed by atoms with Crippen molar-refractivity contribution in [2.45, 2.75) is 98.4 Å². The molecule has 2 saturated heterocycles. The minimum Gasteiger partial charge on any atom is -0.494 e. The summed E-state index contributed by atoms with van der Waals surface area (Å²) in [5.41, 5.74) is 4.51. The van der Waals surface area contributed by atoms with E-state index in [2.05, 4.69) is 104 Å². The lowest BCUT2D eigenvalue weighted by atomic mass is 9.42. The average molecular weight is 502 g/mol. The zero-order valence-electron chi connectivity index (χ0n) is 24.2. The lowest BCUT2D eigenvalue weighted by molar-refractivity contribution is 0.177. The van der Waals surface area contributed by atoms with Gasteiger partial charge in [-0.2, -0.15) is 0 Å². The molecule has 0 spiro atoms. The average Bonchev–Trinajstić information content (AvgIpc) is 3.16. The van der Waals surface area contributed by atoms with E-state index in [0.29, 0.717) is 35.1 Å². The van der Waals surface area contributed by atoms with Crippen molar-refractivity contribution in [2.24, 2.45) is 21.7 Å².